The lowest BCUT2D eigenvalue weighted by molar-refractivity contribution is 0.122. The number of nitrogens with zero attached hydrogens (tertiary/aromatic N) is 6. The maximum Gasteiger partial charge on any atom is 0.222 e. The number of hydrogen-bond donors (Lipinski definition) is 1. The molecule has 0 radical (unpaired) electrons. The van der Waals surface area contributed by atoms with Gasteiger partial charge in [-0.2, -0.15) is 0 Å². The van der Waals surface area contributed by atoms with Gasteiger partial charge in [-0.15, -0.1) is 0 Å². The van der Waals surface area contributed by atoms with Crippen LogP contribution in [0.3, 0.4) is 0 Å². The molecule has 1 N–H and O–H groups in total. The summed E-state index contributed by atoms with van der Waals surface area (Å²) in [5.41, 5.74) is 1.00. The molecule has 156 valence electrons. The van der Waals surface area contributed by atoms with Crippen LogP contribution in [-0.2, 0) is 4.74 Å². The summed E-state index contributed by atoms with van der Waals surface area (Å²) in [6.07, 6.45) is 8.61. The van der Waals surface area contributed by atoms with Gasteiger partial charge in [0.15, 0.2) is 0 Å². The molecule has 5 rings (SSSR count). The topological polar surface area (TPSA) is 79.3 Å². The average Bonchev–Trinajstić information content (AvgIpc) is 3.05. The summed E-state index contributed by atoms with van der Waals surface area (Å²) in [6.45, 7) is 5.15. The number of aromatic nitrogens is 4. The van der Waals surface area contributed by atoms with Gasteiger partial charge in [0.2, 0.25) is 5.95 Å². The Hall–Kier alpha value is -3.00. The van der Waals surface area contributed by atoms with Gasteiger partial charge in [0.05, 0.1) is 18.7 Å². The number of nitrogens with one attached hydrogen (secondary N) is 1. The van der Waals surface area contributed by atoms with Crippen molar-refractivity contribution in [2.75, 3.05) is 54.5 Å². The van der Waals surface area contributed by atoms with Crippen LogP contribution in [0.2, 0.25) is 0 Å². The predicted octanol–water partition coefficient (Wildman–Crippen LogP) is 2.73. The van der Waals surface area contributed by atoms with Crippen LogP contribution in [0.1, 0.15) is 19.3 Å². The van der Waals surface area contributed by atoms with Crippen LogP contribution in [0.5, 0.6) is 0 Å². The van der Waals surface area contributed by atoms with E-state index in [0.29, 0.717) is 12.0 Å². The Bertz CT molecular complexity index is 978. The van der Waals surface area contributed by atoms with Crippen LogP contribution in [-0.4, -0.2) is 65.4 Å². The quantitative estimate of drug-likeness (QED) is 0.710. The number of pyridine rings is 2. The SMILES string of the molecule is c1cnc(NC2CCCN(c3nc(N4CCOCC4)cc4ncccc34)CC2)nc1. The molecule has 3 aromatic rings. The van der Waals surface area contributed by atoms with Crippen molar-refractivity contribution in [1.29, 1.82) is 0 Å². The van der Waals surface area contributed by atoms with Crippen molar-refractivity contribution < 1.29 is 4.74 Å². The molecule has 2 fully saturated rings. The van der Waals surface area contributed by atoms with Crippen molar-refractivity contribution in [2.24, 2.45) is 0 Å². The molecule has 8 nitrogen and oxygen atoms in total. The lowest BCUT2D eigenvalue weighted by atomic mass is 10.1. The summed E-state index contributed by atoms with van der Waals surface area (Å²) >= 11 is 0. The Morgan fingerprint density at radius 1 is 0.900 bits per heavy atom. The third-order valence-corrected chi connectivity index (χ3v) is 5.83. The fourth-order valence-electron chi connectivity index (χ4n) is 4.25. The molecule has 0 amide bonds. The standard InChI is InChI=1S/C22H27N7O/c1-5-18-19(23-7-1)16-20(28-12-14-30-15-13-28)27-21(18)29-10-2-4-17(6-11-29)26-22-24-8-3-9-25-22/h1,3,5,7-9,16-17H,2,4,6,10-15H2,(H,24,25,26). The van der Waals surface area contributed by atoms with Crippen LogP contribution in [0, 0.1) is 0 Å². The summed E-state index contributed by atoms with van der Waals surface area (Å²) in [5.74, 6) is 2.74. The second kappa shape index (κ2) is 8.79. The van der Waals surface area contributed by atoms with Crippen LogP contribution in [0.15, 0.2) is 42.9 Å². The fraction of sp³-hybridized carbons (Fsp3) is 0.455. The highest BCUT2D eigenvalue weighted by atomic mass is 16.5. The normalized spacial score (nSPS) is 20.2. The lowest BCUT2D eigenvalue weighted by Crippen LogP contribution is -2.37. The summed E-state index contributed by atoms with van der Waals surface area (Å²) in [5, 5.41) is 4.61. The van der Waals surface area contributed by atoms with Crippen molar-refractivity contribution in [3.05, 3.63) is 42.9 Å². The molecule has 2 aliphatic heterocycles. The van der Waals surface area contributed by atoms with E-state index in [1.807, 2.05) is 18.3 Å². The molecule has 0 spiro atoms. The van der Waals surface area contributed by atoms with Gasteiger partial charge in [0, 0.05) is 62.3 Å². The van der Waals surface area contributed by atoms with Crippen molar-refractivity contribution in [2.45, 2.75) is 25.3 Å². The molecule has 1 atom stereocenters. The number of ether oxygens (including phenoxy) is 1. The largest absolute Gasteiger partial charge is 0.378 e. The van der Waals surface area contributed by atoms with Crippen LogP contribution < -0.4 is 15.1 Å². The maximum atomic E-state index is 5.52. The number of hydrogen-bond acceptors (Lipinski definition) is 8. The Labute approximate surface area is 176 Å². The summed E-state index contributed by atoms with van der Waals surface area (Å²) in [7, 11) is 0. The molecule has 0 saturated carbocycles. The van der Waals surface area contributed by atoms with Crippen molar-refractivity contribution in [3.8, 4) is 0 Å². The van der Waals surface area contributed by atoms with E-state index < -0.39 is 0 Å². The molecule has 5 heterocycles. The second-order valence-electron chi connectivity index (χ2n) is 7.81. The van der Waals surface area contributed by atoms with Gasteiger partial charge in [0.1, 0.15) is 11.6 Å². The van der Waals surface area contributed by atoms with E-state index in [1.165, 1.54) is 0 Å². The zero-order valence-corrected chi connectivity index (χ0v) is 17.1. The fourth-order valence-corrected chi connectivity index (χ4v) is 4.25. The number of morpholine rings is 1. The molecule has 0 aliphatic carbocycles. The van der Waals surface area contributed by atoms with Gasteiger partial charge in [-0.1, -0.05) is 0 Å². The first kappa shape index (κ1) is 19.0. The van der Waals surface area contributed by atoms with Crippen molar-refractivity contribution in [3.63, 3.8) is 0 Å². The van der Waals surface area contributed by atoms with E-state index in [9.17, 15) is 0 Å². The molecule has 3 aromatic heterocycles. The highest BCUT2D eigenvalue weighted by Crippen LogP contribution is 2.30. The molecule has 0 bridgehead atoms. The first-order chi connectivity index (χ1) is 14.9. The van der Waals surface area contributed by atoms with Crippen molar-refractivity contribution >= 4 is 28.5 Å². The van der Waals surface area contributed by atoms with Crippen molar-refractivity contribution in [1.82, 2.24) is 19.9 Å². The third-order valence-electron chi connectivity index (χ3n) is 5.83. The van der Waals surface area contributed by atoms with E-state index in [4.69, 9.17) is 9.72 Å². The zero-order chi connectivity index (χ0) is 20.2. The van der Waals surface area contributed by atoms with Gasteiger partial charge in [-0.25, -0.2) is 15.0 Å². The minimum atomic E-state index is 0.365. The number of fused-ring (bicyclic) bond motifs is 1. The second-order valence-corrected chi connectivity index (χ2v) is 7.81. The molecule has 0 aromatic carbocycles. The Kier molecular flexibility index (Phi) is 5.56. The van der Waals surface area contributed by atoms with Crippen LogP contribution in [0.25, 0.3) is 10.9 Å². The van der Waals surface area contributed by atoms with Gasteiger partial charge in [-0.05, 0) is 37.5 Å². The zero-order valence-electron chi connectivity index (χ0n) is 17.1. The smallest absolute Gasteiger partial charge is 0.222 e. The van der Waals surface area contributed by atoms with Crippen LogP contribution in [0.4, 0.5) is 17.6 Å². The van der Waals surface area contributed by atoms with E-state index in [0.717, 1.165) is 81.2 Å². The summed E-state index contributed by atoms with van der Waals surface area (Å²) in [6, 6.07) is 8.44. The number of anilines is 3. The molecule has 8 heteroatoms. The van der Waals surface area contributed by atoms with Gasteiger partial charge < -0.3 is 19.9 Å². The van der Waals surface area contributed by atoms with Gasteiger partial charge in [0.25, 0.3) is 0 Å². The predicted molar refractivity (Wildman–Crippen MR) is 118 cm³/mol. The van der Waals surface area contributed by atoms with E-state index in [-0.39, 0.29) is 0 Å². The molecule has 1 unspecified atom stereocenters. The summed E-state index contributed by atoms with van der Waals surface area (Å²) < 4.78 is 5.52. The first-order valence-corrected chi connectivity index (χ1v) is 10.7. The molecular formula is C22H27N7O. The highest BCUT2D eigenvalue weighted by Gasteiger charge is 2.22. The molecular weight excluding hydrogens is 378 g/mol. The first-order valence-electron chi connectivity index (χ1n) is 10.7. The van der Waals surface area contributed by atoms with Crippen LogP contribution >= 0.6 is 0 Å². The minimum absolute atomic E-state index is 0.365. The maximum absolute atomic E-state index is 5.52. The Morgan fingerprint density at radius 2 is 1.73 bits per heavy atom. The van der Waals surface area contributed by atoms with Gasteiger partial charge >= 0.3 is 0 Å². The Morgan fingerprint density at radius 3 is 2.60 bits per heavy atom. The number of rotatable bonds is 4. The van der Waals surface area contributed by atoms with Gasteiger partial charge in [-0.3, -0.25) is 4.98 Å². The van der Waals surface area contributed by atoms with E-state index >= 15 is 0 Å². The monoisotopic (exact) mass is 405 g/mol. The third kappa shape index (κ3) is 4.14. The molecule has 2 saturated heterocycles. The molecule has 30 heavy (non-hydrogen) atoms. The Balaban J connectivity index is 1.39. The lowest BCUT2D eigenvalue weighted by Gasteiger charge is -2.30. The average molecular weight is 406 g/mol. The van der Waals surface area contributed by atoms with E-state index in [2.05, 4.69) is 42.2 Å². The molecule has 2 aliphatic rings. The van der Waals surface area contributed by atoms with E-state index in [1.54, 1.807) is 12.4 Å². The highest BCUT2D eigenvalue weighted by molar-refractivity contribution is 5.91. The summed E-state index contributed by atoms with van der Waals surface area (Å²) in [4.78, 5) is 23.1. The minimum Gasteiger partial charge on any atom is -0.378 e.